The molecule has 0 aliphatic heterocycles. The molecule has 1 aromatic heterocycles. The summed E-state index contributed by atoms with van der Waals surface area (Å²) in [6.07, 6.45) is 0.511. The lowest BCUT2D eigenvalue weighted by Gasteiger charge is -2.23. The van der Waals surface area contributed by atoms with Gasteiger partial charge < -0.3 is 4.90 Å². The Bertz CT molecular complexity index is 616. The van der Waals surface area contributed by atoms with Crippen LogP contribution in [0, 0.1) is 11.7 Å². The van der Waals surface area contributed by atoms with E-state index in [4.69, 9.17) is 0 Å². The predicted octanol–water partition coefficient (Wildman–Crippen LogP) is 1.78. The van der Waals surface area contributed by atoms with E-state index in [-0.39, 0.29) is 23.6 Å². The van der Waals surface area contributed by atoms with Crippen molar-refractivity contribution >= 4 is 5.91 Å². The molecular weight excluding hydrogens is 285 g/mol. The summed E-state index contributed by atoms with van der Waals surface area (Å²) in [6, 6.07) is 6.35. The second kappa shape index (κ2) is 7.11. The highest BCUT2D eigenvalue weighted by Gasteiger charge is 2.21. The highest BCUT2D eigenvalue weighted by atomic mass is 19.1. The molecule has 0 aliphatic carbocycles. The second-order valence-electron chi connectivity index (χ2n) is 5.62. The molecule has 0 bridgehead atoms. The number of benzene rings is 1. The number of tetrazole rings is 1. The molecule has 2 atom stereocenters. The number of aromatic nitrogens is 4. The molecule has 6 nitrogen and oxygen atoms in total. The summed E-state index contributed by atoms with van der Waals surface area (Å²) in [5, 5.41) is 13.8. The third-order valence-corrected chi connectivity index (χ3v) is 3.58. The number of carbonyl (C=O) groups is 1. The van der Waals surface area contributed by atoms with Crippen LogP contribution in [0.3, 0.4) is 0 Å². The van der Waals surface area contributed by atoms with Gasteiger partial charge in [-0.25, -0.2) is 4.39 Å². The molecule has 0 fully saturated rings. The maximum atomic E-state index is 13.2. The van der Waals surface area contributed by atoms with Gasteiger partial charge in [-0.1, -0.05) is 31.2 Å². The predicted molar refractivity (Wildman–Crippen MR) is 79.5 cm³/mol. The lowest BCUT2D eigenvalue weighted by molar-refractivity contribution is -0.133. The van der Waals surface area contributed by atoms with Crippen molar-refractivity contribution in [2.75, 3.05) is 13.6 Å². The van der Waals surface area contributed by atoms with Crippen LogP contribution in [0.1, 0.15) is 31.2 Å². The van der Waals surface area contributed by atoms with Crippen molar-refractivity contribution in [2.45, 2.75) is 26.2 Å². The normalized spacial score (nSPS) is 13.6. The number of nitrogens with zero attached hydrogens (tertiary/aromatic N) is 4. The first kappa shape index (κ1) is 16.1. The van der Waals surface area contributed by atoms with Gasteiger partial charge in [-0.3, -0.25) is 4.79 Å². The molecular formula is C15H20FN5O. The molecule has 1 aromatic carbocycles. The Morgan fingerprint density at radius 1 is 1.41 bits per heavy atom. The van der Waals surface area contributed by atoms with E-state index in [9.17, 15) is 9.18 Å². The van der Waals surface area contributed by atoms with Gasteiger partial charge >= 0.3 is 0 Å². The van der Waals surface area contributed by atoms with E-state index < -0.39 is 0 Å². The third kappa shape index (κ3) is 4.09. The summed E-state index contributed by atoms with van der Waals surface area (Å²) < 4.78 is 13.2. The Morgan fingerprint density at radius 2 is 2.18 bits per heavy atom. The van der Waals surface area contributed by atoms with Gasteiger partial charge in [0, 0.05) is 25.4 Å². The van der Waals surface area contributed by atoms with Crippen LogP contribution in [0.5, 0.6) is 0 Å². The molecule has 1 amide bonds. The topological polar surface area (TPSA) is 74.8 Å². The molecule has 22 heavy (non-hydrogen) atoms. The smallest absolute Gasteiger partial charge is 0.225 e. The summed E-state index contributed by atoms with van der Waals surface area (Å²) in [6.45, 7) is 4.29. The monoisotopic (exact) mass is 305 g/mol. The van der Waals surface area contributed by atoms with E-state index >= 15 is 0 Å². The zero-order chi connectivity index (χ0) is 16.1. The Labute approximate surface area is 128 Å². The van der Waals surface area contributed by atoms with E-state index in [0.29, 0.717) is 18.8 Å². The van der Waals surface area contributed by atoms with Gasteiger partial charge in [0.15, 0.2) is 5.82 Å². The molecule has 118 valence electrons. The number of hydrogen-bond acceptors (Lipinski definition) is 4. The number of nitrogens with one attached hydrogen (secondary N) is 1. The number of hydrogen-bond donors (Lipinski definition) is 1. The maximum absolute atomic E-state index is 13.2. The van der Waals surface area contributed by atoms with E-state index in [1.54, 1.807) is 18.0 Å². The fourth-order valence-electron chi connectivity index (χ4n) is 2.44. The van der Waals surface area contributed by atoms with Crippen molar-refractivity contribution in [1.29, 1.82) is 0 Å². The van der Waals surface area contributed by atoms with Gasteiger partial charge in [0.05, 0.1) is 0 Å². The van der Waals surface area contributed by atoms with Gasteiger partial charge in [-0.2, -0.15) is 5.21 Å². The number of carbonyl (C=O) groups excluding carboxylic acids is 1. The minimum absolute atomic E-state index is 0.00549. The number of halogens is 1. The van der Waals surface area contributed by atoms with Gasteiger partial charge in [-0.05, 0) is 24.1 Å². The van der Waals surface area contributed by atoms with Crippen molar-refractivity contribution in [2.24, 2.45) is 5.92 Å². The quantitative estimate of drug-likeness (QED) is 0.882. The van der Waals surface area contributed by atoms with E-state index in [1.165, 1.54) is 12.1 Å². The molecule has 0 saturated heterocycles. The van der Waals surface area contributed by atoms with Crippen molar-refractivity contribution in [1.82, 2.24) is 25.5 Å². The zero-order valence-corrected chi connectivity index (χ0v) is 13.0. The van der Waals surface area contributed by atoms with Gasteiger partial charge in [0.1, 0.15) is 5.82 Å². The number of amides is 1. The summed E-state index contributed by atoms with van der Waals surface area (Å²) in [5.41, 5.74) is 0.820. The van der Waals surface area contributed by atoms with Crippen molar-refractivity contribution in [3.8, 4) is 0 Å². The SMILES string of the molecule is CC(Cc1cccc(F)c1)C(=O)N(C)CC(C)c1nn[nH]n1. The van der Waals surface area contributed by atoms with Crippen LogP contribution in [-0.4, -0.2) is 45.0 Å². The van der Waals surface area contributed by atoms with Crippen LogP contribution in [0.25, 0.3) is 0 Å². The standard InChI is InChI=1S/C15H20FN5O/c1-10(7-12-5-4-6-13(16)8-12)15(22)21(3)9-11(2)14-17-19-20-18-14/h4-6,8,10-11H,7,9H2,1-3H3,(H,17,18,19,20). The molecule has 0 spiro atoms. The Balaban J connectivity index is 1.92. The van der Waals surface area contributed by atoms with Gasteiger partial charge in [-0.15, -0.1) is 10.2 Å². The van der Waals surface area contributed by atoms with Crippen molar-refractivity contribution < 1.29 is 9.18 Å². The van der Waals surface area contributed by atoms with Crippen LogP contribution in [-0.2, 0) is 11.2 Å². The molecule has 7 heteroatoms. The highest BCUT2D eigenvalue weighted by molar-refractivity contribution is 5.78. The Hall–Kier alpha value is -2.31. The number of aromatic amines is 1. The minimum Gasteiger partial charge on any atom is -0.345 e. The number of H-pyrrole nitrogens is 1. The first-order chi connectivity index (χ1) is 10.5. The molecule has 0 radical (unpaired) electrons. The molecule has 1 heterocycles. The highest BCUT2D eigenvalue weighted by Crippen LogP contribution is 2.15. The molecule has 0 saturated carbocycles. The van der Waals surface area contributed by atoms with Crippen molar-refractivity contribution in [3.63, 3.8) is 0 Å². The first-order valence-electron chi connectivity index (χ1n) is 7.20. The molecule has 0 aliphatic rings. The lowest BCUT2D eigenvalue weighted by atomic mass is 9.99. The van der Waals surface area contributed by atoms with E-state index in [1.807, 2.05) is 19.9 Å². The zero-order valence-electron chi connectivity index (χ0n) is 13.0. The third-order valence-electron chi connectivity index (χ3n) is 3.58. The maximum Gasteiger partial charge on any atom is 0.225 e. The summed E-state index contributed by atoms with van der Waals surface area (Å²) in [4.78, 5) is 14.1. The van der Waals surface area contributed by atoms with Crippen LogP contribution in [0.15, 0.2) is 24.3 Å². The number of likely N-dealkylation sites (N-methyl/N-ethyl adjacent to an activating group) is 1. The molecule has 2 rings (SSSR count). The molecule has 2 aromatic rings. The second-order valence-corrected chi connectivity index (χ2v) is 5.62. The minimum atomic E-state index is -0.281. The van der Waals surface area contributed by atoms with Crippen LogP contribution in [0.2, 0.25) is 0 Å². The van der Waals surface area contributed by atoms with Crippen LogP contribution in [0.4, 0.5) is 4.39 Å². The van der Waals surface area contributed by atoms with Gasteiger partial charge in [0.2, 0.25) is 5.91 Å². The Morgan fingerprint density at radius 3 is 2.82 bits per heavy atom. The first-order valence-corrected chi connectivity index (χ1v) is 7.20. The van der Waals surface area contributed by atoms with Gasteiger partial charge in [0.25, 0.3) is 0 Å². The fourth-order valence-corrected chi connectivity index (χ4v) is 2.44. The van der Waals surface area contributed by atoms with Crippen LogP contribution >= 0.6 is 0 Å². The Kier molecular flexibility index (Phi) is 5.19. The summed E-state index contributed by atoms with van der Waals surface area (Å²) in [5.74, 6) is 0.0895. The fraction of sp³-hybridized carbons (Fsp3) is 0.467. The van der Waals surface area contributed by atoms with E-state index in [2.05, 4.69) is 20.6 Å². The summed E-state index contributed by atoms with van der Waals surface area (Å²) in [7, 11) is 1.75. The molecule has 1 N–H and O–H groups in total. The van der Waals surface area contributed by atoms with Crippen LogP contribution < -0.4 is 0 Å². The summed E-state index contributed by atoms with van der Waals surface area (Å²) >= 11 is 0. The average molecular weight is 305 g/mol. The number of rotatable bonds is 6. The molecule has 2 unspecified atom stereocenters. The average Bonchev–Trinajstić information content (AvgIpc) is 3.00. The van der Waals surface area contributed by atoms with E-state index in [0.717, 1.165) is 5.56 Å². The van der Waals surface area contributed by atoms with Crippen molar-refractivity contribution in [3.05, 3.63) is 41.5 Å². The largest absolute Gasteiger partial charge is 0.345 e. The lowest BCUT2D eigenvalue weighted by Crippen LogP contribution is -2.35.